The second kappa shape index (κ2) is 9.36. The van der Waals surface area contributed by atoms with Gasteiger partial charge in [0.05, 0.1) is 6.54 Å². The summed E-state index contributed by atoms with van der Waals surface area (Å²) in [5, 5.41) is 4.87. The van der Waals surface area contributed by atoms with Gasteiger partial charge in [0.2, 0.25) is 5.91 Å². The van der Waals surface area contributed by atoms with E-state index in [0.29, 0.717) is 25.1 Å². The predicted octanol–water partition coefficient (Wildman–Crippen LogP) is 3.79. The van der Waals surface area contributed by atoms with E-state index in [0.717, 1.165) is 15.3 Å². The summed E-state index contributed by atoms with van der Waals surface area (Å²) in [5.41, 5.74) is 0.374. The highest BCUT2D eigenvalue weighted by Crippen LogP contribution is 2.33. The zero-order valence-corrected chi connectivity index (χ0v) is 18.7. The Morgan fingerprint density at radius 3 is 2.31 bits per heavy atom. The van der Waals surface area contributed by atoms with Crippen molar-refractivity contribution < 1.29 is 14.4 Å². The third kappa shape index (κ3) is 4.29. The van der Waals surface area contributed by atoms with Gasteiger partial charge in [0.25, 0.3) is 5.91 Å². The summed E-state index contributed by atoms with van der Waals surface area (Å²) in [5.74, 6) is -0.661. The van der Waals surface area contributed by atoms with Crippen LogP contribution in [0.15, 0.2) is 78.2 Å². The number of benzene rings is 2. The highest BCUT2D eigenvalue weighted by molar-refractivity contribution is 7.09. The lowest BCUT2D eigenvalue weighted by atomic mass is 9.83. The van der Waals surface area contributed by atoms with Gasteiger partial charge in [-0.25, -0.2) is 4.79 Å². The summed E-state index contributed by atoms with van der Waals surface area (Å²) >= 11 is 1.57. The zero-order valence-electron chi connectivity index (χ0n) is 17.9. The largest absolute Gasteiger partial charge is 0.336 e. The van der Waals surface area contributed by atoms with E-state index >= 15 is 0 Å². The van der Waals surface area contributed by atoms with E-state index in [1.807, 2.05) is 85.1 Å². The minimum atomic E-state index is -1.25. The number of carbonyl (C=O) groups excluding carboxylic acids is 3. The molecule has 164 valence electrons. The summed E-state index contributed by atoms with van der Waals surface area (Å²) in [6.45, 7) is 2.56. The first-order valence-corrected chi connectivity index (χ1v) is 11.4. The minimum absolute atomic E-state index is 0.257. The van der Waals surface area contributed by atoms with E-state index in [9.17, 15) is 14.4 Å². The normalized spacial score (nSPS) is 18.0. The second-order valence-corrected chi connectivity index (χ2v) is 8.77. The summed E-state index contributed by atoms with van der Waals surface area (Å²) in [7, 11) is 0. The van der Waals surface area contributed by atoms with Gasteiger partial charge in [-0.15, -0.1) is 11.3 Å². The summed E-state index contributed by atoms with van der Waals surface area (Å²) in [6, 6.07) is 22.2. The zero-order chi connectivity index (χ0) is 22.6. The lowest BCUT2D eigenvalue weighted by Crippen LogP contribution is -2.47. The molecule has 1 aliphatic rings. The van der Waals surface area contributed by atoms with E-state index in [1.165, 1.54) is 0 Å². The third-order valence-corrected chi connectivity index (χ3v) is 6.57. The van der Waals surface area contributed by atoms with Crippen molar-refractivity contribution in [2.24, 2.45) is 0 Å². The molecule has 2 heterocycles. The van der Waals surface area contributed by atoms with Gasteiger partial charge in [0.1, 0.15) is 6.54 Å². The number of nitrogens with one attached hydrogen (secondary N) is 1. The SMILES string of the molecule is CCN(Cc1cccs1)C(=O)CN1C(=O)N[C@](Cc2ccccc2)(c2ccccc2)C1=O. The van der Waals surface area contributed by atoms with Gasteiger partial charge in [-0.1, -0.05) is 66.7 Å². The van der Waals surface area contributed by atoms with Crippen molar-refractivity contribution in [2.45, 2.75) is 25.4 Å². The van der Waals surface area contributed by atoms with Gasteiger partial charge in [-0.3, -0.25) is 14.5 Å². The molecule has 6 nitrogen and oxygen atoms in total. The van der Waals surface area contributed by atoms with Crippen molar-refractivity contribution in [3.05, 3.63) is 94.2 Å². The Balaban J connectivity index is 1.60. The van der Waals surface area contributed by atoms with E-state index in [4.69, 9.17) is 0 Å². The van der Waals surface area contributed by atoms with Gasteiger partial charge < -0.3 is 10.2 Å². The number of rotatable bonds is 8. The fourth-order valence-electron chi connectivity index (χ4n) is 4.01. The third-order valence-electron chi connectivity index (χ3n) is 5.71. The second-order valence-electron chi connectivity index (χ2n) is 7.74. The van der Waals surface area contributed by atoms with E-state index < -0.39 is 17.5 Å². The maximum Gasteiger partial charge on any atom is 0.325 e. The Kier molecular flexibility index (Phi) is 6.37. The average Bonchev–Trinajstić information content (AvgIpc) is 3.41. The Labute approximate surface area is 191 Å². The van der Waals surface area contributed by atoms with Crippen LogP contribution in [0.1, 0.15) is 22.9 Å². The standard InChI is InChI=1S/C25H25N3O3S/c1-2-27(17-21-14-9-15-32-21)22(29)18-28-23(30)25(26-24(28)31,20-12-7-4-8-13-20)16-19-10-5-3-6-11-19/h3-15H,2,16-18H2,1H3,(H,26,31)/t25-/m1/s1. The molecule has 3 aromatic rings. The minimum Gasteiger partial charge on any atom is -0.336 e. The first kappa shape index (κ1) is 21.8. The molecule has 0 radical (unpaired) electrons. The Bertz CT molecular complexity index is 1090. The Morgan fingerprint density at radius 2 is 1.69 bits per heavy atom. The molecule has 0 saturated carbocycles. The summed E-state index contributed by atoms with van der Waals surface area (Å²) in [6.07, 6.45) is 0.305. The molecule has 4 amide bonds. The monoisotopic (exact) mass is 447 g/mol. The number of urea groups is 1. The van der Waals surface area contributed by atoms with Crippen LogP contribution in [0.4, 0.5) is 4.79 Å². The van der Waals surface area contributed by atoms with Crippen LogP contribution in [0.3, 0.4) is 0 Å². The number of nitrogens with zero attached hydrogens (tertiary/aromatic N) is 2. The van der Waals surface area contributed by atoms with Crippen molar-refractivity contribution in [1.82, 2.24) is 15.1 Å². The molecule has 0 aliphatic carbocycles. The summed E-state index contributed by atoms with van der Waals surface area (Å²) < 4.78 is 0. The van der Waals surface area contributed by atoms with Gasteiger partial charge >= 0.3 is 6.03 Å². The number of thiophene rings is 1. The lowest BCUT2D eigenvalue weighted by molar-refractivity contribution is -0.139. The van der Waals surface area contributed by atoms with Crippen molar-refractivity contribution >= 4 is 29.2 Å². The predicted molar refractivity (Wildman–Crippen MR) is 124 cm³/mol. The molecule has 0 unspecified atom stereocenters. The summed E-state index contributed by atoms with van der Waals surface area (Å²) in [4.78, 5) is 43.4. The molecule has 1 saturated heterocycles. The van der Waals surface area contributed by atoms with Crippen LogP contribution in [0.25, 0.3) is 0 Å². The number of carbonyl (C=O) groups is 3. The number of likely N-dealkylation sites (N-methyl/N-ethyl adjacent to an activating group) is 1. The van der Waals surface area contributed by atoms with Crippen molar-refractivity contribution in [2.75, 3.05) is 13.1 Å². The van der Waals surface area contributed by atoms with Crippen molar-refractivity contribution in [1.29, 1.82) is 0 Å². The van der Waals surface area contributed by atoms with Crippen LogP contribution in [0.5, 0.6) is 0 Å². The van der Waals surface area contributed by atoms with Crippen LogP contribution >= 0.6 is 11.3 Å². The molecular formula is C25H25N3O3S. The molecular weight excluding hydrogens is 422 g/mol. The van der Waals surface area contributed by atoms with E-state index in [1.54, 1.807) is 16.2 Å². The molecule has 0 bridgehead atoms. The number of hydrogen-bond acceptors (Lipinski definition) is 4. The van der Waals surface area contributed by atoms with E-state index in [2.05, 4.69) is 5.32 Å². The quantitative estimate of drug-likeness (QED) is 0.534. The number of amides is 4. The first-order valence-electron chi connectivity index (χ1n) is 10.6. The van der Waals surface area contributed by atoms with Crippen LogP contribution in [-0.4, -0.2) is 40.7 Å². The lowest BCUT2D eigenvalue weighted by Gasteiger charge is -2.28. The van der Waals surface area contributed by atoms with Crippen molar-refractivity contribution in [3.63, 3.8) is 0 Å². The van der Waals surface area contributed by atoms with Gasteiger partial charge in [-0.2, -0.15) is 0 Å². The first-order chi connectivity index (χ1) is 15.5. The molecule has 0 spiro atoms. The molecule has 2 aromatic carbocycles. The average molecular weight is 448 g/mol. The van der Waals surface area contributed by atoms with E-state index in [-0.39, 0.29) is 12.5 Å². The number of hydrogen-bond donors (Lipinski definition) is 1. The molecule has 1 aromatic heterocycles. The van der Waals surface area contributed by atoms with Gasteiger partial charge in [-0.05, 0) is 29.5 Å². The molecule has 1 atom stereocenters. The highest BCUT2D eigenvalue weighted by atomic mass is 32.1. The fraction of sp³-hybridized carbons (Fsp3) is 0.240. The fourth-order valence-corrected chi connectivity index (χ4v) is 4.73. The molecule has 1 aliphatic heterocycles. The Morgan fingerprint density at radius 1 is 1.00 bits per heavy atom. The Hall–Kier alpha value is -3.45. The maximum atomic E-state index is 13.7. The highest BCUT2D eigenvalue weighted by Gasteiger charge is 2.52. The molecule has 4 rings (SSSR count). The topological polar surface area (TPSA) is 69.7 Å². The van der Waals surface area contributed by atoms with Crippen LogP contribution in [-0.2, 0) is 28.1 Å². The maximum absolute atomic E-state index is 13.7. The molecule has 7 heteroatoms. The smallest absolute Gasteiger partial charge is 0.325 e. The molecule has 1 N–H and O–H groups in total. The van der Waals surface area contributed by atoms with Crippen LogP contribution in [0.2, 0.25) is 0 Å². The van der Waals surface area contributed by atoms with Gasteiger partial charge in [0, 0.05) is 17.8 Å². The van der Waals surface area contributed by atoms with Crippen molar-refractivity contribution in [3.8, 4) is 0 Å². The van der Waals surface area contributed by atoms with Gasteiger partial charge in [0.15, 0.2) is 5.54 Å². The van der Waals surface area contributed by atoms with Crippen LogP contribution < -0.4 is 5.32 Å². The molecule has 1 fully saturated rings. The van der Waals surface area contributed by atoms with Crippen LogP contribution in [0, 0.1) is 0 Å². The number of imide groups is 1. The molecule has 32 heavy (non-hydrogen) atoms.